The second-order valence-electron chi connectivity index (χ2n) is 3.89. The van der Waals surface area contributed by atoms with Crippen LogP contribution in [0.4, 0.5) is 0 Å². The Bertz CT molecular complexity index is 254. The van der Waals surface area contributed by atoms with Crippen molar-refractivity contribution in [1.82, 2.24) is 0 Å². The van der Waals surface area contributed by atoms with E-state index < -0.39 is 17.9 Å². The molecule has 0 amide bonds. The maximum Gasteiger partial charge on any atom is 0.309 e. The van der Waals surface area contributed by atoms with E-state index >= 15 is 0 Å². The maximum atomic E-state index is 11.5. The molecular weight excluding hydrogens is 252 g/mol. The minimum Gasteiger partial charge on any atom is -0.463 e. The van der Waals surface area contributed by atoms with E-state index in [9.17, 15) is 9.59 Å². The third-order valence-electron chi connectivity index (χ3n) is 2.25. The zero-order valence-corrected chi connectivity index (χ0v) is 12.0. The van der Waals surface area contributed by atoms with Crippen molar-refractivity contribution >= 4 is 11.9 Å². The Hall–Kier alpha value is -1.14. The highest BCUT2D eigenvalue weighted by molar-refractivity contribution is 5.79. The monoisotopic (exact) mass is 276 g/mol. The number of rotatable bonds is 11. The average molecular weight is 276 g/mol. The summed E-state index contributed by atoms with van der Waals surface area (Å²) in [6.07, 6.45) is 0.0135. The van der Waals surface area contributed by atoms with Gasteiger partial charge in [-0.3, -0.25) is 9.59 Å². The van der Waals surface area contributed by atoms with E-state index in [2.05, 4.69) is 0 Å². The SMILES string of the molecule is CCOCCOC(=O)CC(C)C(=O)OCCOCC. The summed E-state index contributed by atoms with van der Waals surface area (Å²) in [7, 11) is 0. The Kier molecular flexibility index (Phi) is 11.2. The van der Waals surface area contributed by atoms with Crippen molar-refractivity contribution in [2.24, 2.45) is 5.92 Å². The minimum atomic E-state index is -0.513. The van der Waals surface area contributed by atoms with Crippen LogP contribution in [0, 0.1) is 5.92 Å². The van der Waals surface area contributed by atoms with Crippen LogP contribution in [-0.4, -0.2) is 51.6 Å². The van der Waals surface area contributed by atoms with Gasteiger partial charge in [-0.25, -0.2) is 0 Å². The van der Waals surface area contributed by atoms with Crippen molar-refractivity contribution in [3.63, 3.8) is 0 Å². The van der Waals surface area contributed by atoms with Crippen LogP contribution in [0.1, 0.15) is 27.2 Å². The number of ether oxygens (including phenoxy) is 4. The second kappa shape index (κ2) is 11.9. The Morgan fingerprint density at radius 1 is 0.895 bits per heavy atom. The van der Waals surface area contributed by atoms with Crippen LogP contribution in [0.2, 0.25) is 0 Å². The maximum absolute atomic E-state index is 11.5. The molecule has 0 saturated heterocycles. The van der Waals surface area contributed by atoms with E-state index in [1.165, 1.54) is 0 Å². The van der Waals surface area contributed by atoms with Gasteiger partial charge in [-0.2, -0.15) is 0 Å². The summed E-state index contributed by atoms with van der Waals surface area (Å²) < 4.78 is 19.9. The molecule has 6 nitrogen and oxygen atoms in total. The van der Waals surface area contributed by atoms with Crippen LogP contribution < -0.4 is 0 Å². The third-order valence-corrected chi connectivity index (χ3v) is 2.25. The molecule has 0 radical (unpaired) electrons. The van der Waals surface area contributed by atoms with Gasteiger partial charge in [0.05, 0.1) is 25.6 Å². The van der Waals surface area contributed by atoms with Gasteiger partial charge in [0, 0.05) is 13.2 Å². The van der Waals surface area contributed by atoms with Crippen molar-refractivity contribution in [2.45, 2.75) is 27.2 Å². The molecule has 112 valence electrons. The smallest absolute Gasteiger partial charge is 0.309 e. The zero-order chi connectivity index (χ0) is 14.5. The molecule has 0 aromatic rings. The van der Waals surface area contributed by atoms with Crippen LogP contribution in [-0.2, 0) is 28.5 Å². The van der Waals surface area contributed by atoms with Crippen LogP contribution in [0.3, 0.4) is 0 Å². The van der Waals surface area contributed by atoms with E-state index in [-0.39, 0.29) is 19.6 Å². The molecule has 0 aliphatic heterocycles. The first-order valence-electron chi connectivity index (χ1n) is 6.59. The summed E-state index contributed by atoms with van der Waals surface area (Å²) in [5, 5.41) is 0. The van der Waals surface area contributed by atoms with E-state index in [1.54, 1.807) is 6.92 Å². The molecule has 6 heteroatoms. The van der Waals surface area contributed by atoms with Crippen molar-refractivity contribution in [3.8, 4) is 0 Å². The lowest BCUT2D eigenvalue weighted by atomic mass is 10.1. The minimum absolute atomic E-state index is 0.0135. The molecule has 0 aromatic carbocycles. The van der Waals surface area contributed by atoms with Crippen LogP contribution in [0.5, 0.6) is 0 Å². The van der Waals surface area contributed by atoms with Gasteiger partial charge in [-0.1, -0.05) is 6.92 Å². The first-order valence-corrected chi connectivity index (χ1v) is 6.59. The molecule has 1 atom stereocenters. The molecule has 0 spiro atoms. The molecule has 0 N–H and O–H groups in total. The van der Waals surface area contributed by atoms with E-state index in [4.69, 9.17) is 18.9 Å². The lowest BCUT2D eigenvalue weighted by Crippen LogP contribution is -2.22. The molecule has 0 rings (SSSR count). The van der Waals surface area contributed by atoms with Gasteiger partial charge in [0.15, 0.2) is 0 Å². The van der Waals surface area contributed by atoms with Gasteiger partial charge in [-0.05, 0) is 13.8 Å². The van der Waals surface area contributed by atoms with E-state index in [0.29, 0.717) is 26.4 Å². The largest absolute Gasteiger partial charge is 0.463 e. The first kappa shape index (κ1) is 17.9. The number of hydrogen-bond acceptors (Lipinski definition) is 6. The summed E-state index contributed by atoms with van der Waals surface area (Å²) in [4.78, 5) is 22.9. The highest BCUT2D eigenvalue weighted by Gasteiger charge is 2.19. The van der Waals surface area contributed by atoms with Gasteiger partial charge in [0.25, 0.3) is 0 Å². The Morgan fingerprint density at radius 3 is 1.95 bits per heavy atom. The number of hydrogen-bond donors (Lipinski definition) is 0. The Balaban J connectivity index is 3.66. The van der Waals surface area contributed by atoms with Gasteiger partial charge in [-0.15, -0.1) is 0 Å². The van der Waals surface area contributed by atoms with E-state index in [0.717, 1.165) is 0 Å². The molecule has 0 aromatic heterocycles. The van der Waals surface area contributed by atoms with Crippen LogP contribution in [0.25, 0.3) is 0 Å². The summed E-state index contributed by atoms with van der Waals surface area (Å²) >= 11 is 0. The first-order chi connectivity index (χ1) is 9.11. The lowest BCUT2D eigenvalue weighted by molar-refractivity contribution is -0.156. The van der Waals surface area contributed by atoms with Gasteiger partial charge >= 0.3 is 11.9 Å². The van der Waals surface area contributed by atoms with Crippen molar-refractivity contribution in [2.75, 3.05) is 39.6 Å². The fourth-order valence-electron chi connectivity index (χ4n) is 1.24. The van der Waals surface area contributed by atoms with E-state index in [1.807, 2.05) is 13.8 Å². The van der Waals surface area contributed by atoms with Gasteiger partial charge in [0.1, 0.15) is 13.2 Å². The molecule has 0 bridgehead atoms. The lowest BCUT2D eigenvalue weighted by Gasteiger charge is -2.11. The average Bonchev–Trinajstić information content (AvgIpc) is 2.39. The molecule has 0 fully saturated rings. The Labute approximate surface area is 114 Å². The van der Waals surface area contributed by atoms with Crippen molar-refractivity contribution in [3.05, 3.63) is 0 Å². The normalized spacial score (nSPS) is 11.9. The van der Waals surface area contributed by atoms with Crippen LogP contribution >= 0.6 is 0 Å². The number of carbonyl (C=O) groups excluding carboxylic acids is 2. The fraction of sp³-hybridized carbons (Fsp3) is 0.846. The molecule has 0 aliphatic carbocycles. The predicted octanol–water partition coefficient (Wildman–Crippen LogP) is 1.17. The zero-order valence-electron chi connectivity index (χ0n) is 12.0. The van der Waals surface area contributed by atoms with Gasteiger partial charge < -0.3 is 18.9 Å². The van der Waals surface area contributed by atoms with Crippen molar-refractivity contribution in [1.29, 1.82) is 0 Å². The quantitative estimate of drug-likeness (QED) is 0.417. The summed E-state index contributed by atoms with van der Waals surface area (Å²) in [6, 6.07) is 0. The highest BCUT2D eigenvalue weighted by atomic mass is 16.6. The number of carbonyl (C=O) groups is 2. The molecule has 0 saturated carbocycles. The summed E-state index contributed by atoms with van der Waals surface area (Å²) in [5.41, 5.74) is 0. The second-order valence-corrected chi connectivity index (χ2v) is 3.89. The molecular formula is C13H24O6. The predicted molar refractivity (Wildman–Crippen MR) is 68.7 cm³/mol. The van der Waals surface area contributed by atoms with Crippen molar-refractivity contribution < 1.29 is 28.5 Å². The summed E-state index contributed by atoms with van der Waals surface area (Å²) in [6.45, 7) is 7.68. The Morgan fingerprint density at radius 2 is 1.42 bits per heavy atom. The summed E-state index contributed by atoms with van der Waals surface area (Å²) in [5.74, 6) is -1.35. The molecule has 1 unspecified atom stereocenters. The van der Waals surface area contributed by atoms with Crippen LogP contribution in [0.15, 0.2) is 0 Å². The highest BCUT2D eigenvalue weighted by Crippen LogP contribution is 2.06. The molecule has 0 heterocycles. The van der Waals surface area contributed by atoms with Gasteiger partial charge in [0.2, 0.25) is 0 Å². The standard InChI is InChI=1S/C13H24O6/c1-4-16-6-8-18-12(14)10-11(3)13(15)19-9-7-17-5-2/h11H,4-10H2,1-3H3. The number of esters is 2. The topological polar surface area (TPSA) is 71.1 Å². The fourth-order valence-corrected chi connectivity index (χ4v) is 1.24. The third kappa shape index (κ3) is 10.5. The molecule has 19 heavy (non-hydrogen) atoms. The molecule has 0 aliphatic rings.